The molecule has 4 nitrogen and oxygen atoms in total. The quantitative estimate of drug-likeness (QED) is 0.820. The summed E-state index contributed by atoms with van der Waals surface area (Å²) in [5.41, 5.74) is 6.89. The van der Waals surface area contributed by atoms with Gasteiger partial charge in [-0.3, -0.25) is 9.69 Å². The van der Waals surface area contributed by atoms with Crippen LogP contribution in [0.15, 0.2) is 18.2 Å². The van der Waals surface area contributed by atoms with E-state index in [0.29, 0.717) is 22.9 Å². The normalized spacial score (nSPS) is 16.1. The molecule has 0 spiro atoms. The van der Waals surface area contributed by atoms with Crippen LogP contribution >= 0.6 is 11.6 Å². The van der Waals surface area contributed by atoms with Gasteiger partial charge in [0.1, 0.15) is 0 Å². The molecule has 21 heavy (non-hydrogen) atoms. The number of carbonyl (C=O) groups is 1. The lowest BCUT2D eigenvalue weighted by Crippen LogP contribution is -2.34. The lowest BCUT2D eigenvalue weighted by atomic mass is 9.89. The third kappa shape index (κ3) is 5.21. The summed E-state index contributed by atoms with van der Waals surface area (Å²) in [6.45, 7) is 1.40. The van der Waals surface area contributed by atoms with Crippen molar-refractivity contribution in [3.63, 3.8) is 0 Å². The van der Waals surface area contributed by atoms with E-state index in [1.165, 1.54) is 32.1 Å². The third-order valence-corrected chi connectivity index (χ3v) is 4.33. The van der Waals surface area contributed by atoms with Crippen LogP contribution in [0.3, 0.4) is 0 Å². The first kappa shape index (κ1) is 16.1. The minimum atomic E-state index is -0.0185. The van der Waals surface area contributed by atoms with Gasteiger partial charge >= 0.3 is 0 Å². The van der Waals surface area contributed by atoms with Gasteiger partial charge in [-0.1, -0.05) is 30.9 Å². The minimum absolute atomic E-state index is 0.0185. The standard InChI is InChI=1S/C16H24ClN3O/c1-20(10-12-5-3-2-4-6-12)11-16(21)19-13-7-8-14(17)15(18)9-13/h7-9,12H,2-6,10-11,18H2,1H3,(H,19,21). The smallest absolute Gasteiger partial charge is 0.238 e. The highest BCUT2D eigenvalue weighted by Gasteiger charge is 2.16. The lowest BCUT2D eigenvalue weighted by molar-refractivity contribution is -0.117. The summed E-state index contributed by atoms with van der Waals surface area (Å²) in [5, 5.41) is 3.36. The van der Waals surface area contributed by atoms with Crippen molar-refractivity contribution in [1.82, 2.24) is 4.90 Å². The predicted octanol–water partition coefficient (Wildman–Crippen LogP) is 3.37. The summed E-state index contributed by atoms with van der Waals surface area (Å²) >= 11 is 5.86. The highest BCUT2D eigenvalue weighted by Crippen LogP contribution is 2.24. The van der Waals surface area contributed by atoms with Gasteiger partial charge in [-0.25, -0.2) is 0 Å². The van der Waals surface area contributed by atoms with E-state index >= 15 is 0 Å². The second-order valence-electron chi connectivity index (χ2n) is 5.99. The minimum Gasteiger partial charge on any atom is -0.397 e. The summed E-state index contributed by atoms with van der Waals surface area (Å²) in [6, 6.07) is 5.14. The van der Waals surface area contributed by atoms with Gasteiger partial charge in [-0.05, 0) is 44.0 Å². The number of hydrogen-bond acceptors (Lipinski definition) is 3. The first-order valence-electron chi connectivity index (χ1n) is 7.58. The molecule has 0 aliphatic heterocycles. The molecule has 0 bridgehead atoms. The second kappa shape index (κ2) is 7.66. The molecular weight excluding hydrogens is 286 g/mol. The number of nitrogens with two attached hydrogens (primary N) is 1. The highest BCUT2D eigenvalue weighted by molar-refractivity contribution is 6.33. The van der Waals surface area contributed by atoms with Crippen LogP contribution in [0, 0.1) is 5.92 Å². The Labute approximate surface area is 131 Å². The van der Waals surface area contributed by atoms with Crippen molar-refractivity contribution < 1.29 is 4.79 Å². The topological polar surface area (TPSA) is 58.4 Å². The van der Waals surface area contributed by atoms with Crippen LogP contribution in [0.5, 0.6) is 0 Å². The predicted molar refractivity (Wildman–Crippen MR) is 88.6 cm³/mol. The first-order chi connectivity index (χ1) is 10.0. The van der Waals surface area contributed by atoms with Gasteiger partial charge < -0.3 is 11.1 Å². The average Bonchev–Trinajstić information content (AvgIpc) is 2.43. The van der Waals surface area contributed by atoms with Crippen molar-refractivity contribution in [1.29, 1.82) is 0 Å². The Morgan fingerprint density at radius 1 is 1.38 bits per heavy atom. The molecule has 0 heterocycles. The number of halogens is 1. The van der Waals surface area contributed by atoms with E-state index in [2.05, 4.69) is 10.2 Å². The zero-order valence-electron chi connectivity index (χ0n) is 12.6. The largest absolute Gasteiger partial charge is 0.397 e. The molecule has 116 valence electrons. The summed E-state index contributed by atoms with van der Waals surface area (Å²) in [6.07, 6.45) is 6.60. The average molecular weight is 310 g/mol. The summed E-state index contributed by atoms with van der Waals surface area (Å²) in [5.74, 6) is 0.720. The fourth-order valence-corrected chi connectivity index (χ4v) is 3.06. The molecule has 2 rings (SSSR count). The van der Waals surface area contributed by atoms with Gasteiger partial charge in [0.2, 0.25) is 5.91 Å². The van der Waals surface area contributed by atoms with Crippen LogP contribution in [0.2, 0.25) is 5.02 Å². The molecule has 1 amide bonds. The maximum atomic E-state index is 12.0. The Kier molecular flexibility index (Phi) is 5.88. The number of hydrogen-bond donors (Lipinski definition) is 2. The number of benzene rings is 1. The van der Waals surface area contributed by atoms with Crippen LogP contribution in [0.4, 0.5) is 11.4 Å². The van der Waals surface area contributed by atoms with Crippen molar-refractivity contribution in [2.24, 2.45) is 5.92 Å². The summed E-state index contributed by atoms with van der Waals surface area (Å²) in [4.78, 5) is 14.1. The zero-order chi connectivity index (χ0) is 15.2. The SMILES string of the molecule is CN(CC(=O)Nc1ccc(Cl)c(N)c1)CC1CCCCC1. The van der Waals surface area contributed by atoms with E-state index in [9.17, 15) is 4.79 Å². The molecule has 1 aromatic rings. The van der Waals surface area contributed by atoms with Crippen molar-refractivity contribution in [3.05, 3.63) is 23.2 Å². The van der Waals surface area contributed by atoms with Crippen molar-refractivity contribution in [3.8, 4) is 0 Å². The lowest BCUT2D eigenvalue weighted by Gasteiger charge is -2.26. The summed E-state index contributed by atoms with van der Waals surface area (Å²) in [7, 11) is 2.00. The van der Waals surface area contributed by atoms with Crippen molar-refractivity contribution >= 4 is 28.9 Å². The number of nitrogens with zero attached hydrogens (tertiary/aromatic N) is 1. The molecule has 0 aromatic heterocycles. The van der Waals surface area contributed by atoms with Crippen LogP contribution in [-0.4, -0.2) is 30.9 Å². The van der Waals surface area contributed by atoms with Gasteiger partial charge in [-0.15, -0.1) is 0 Å². The Morgan fingerprint density at radius 2 is 2.10 bits per heavy atom. The molecule has 0 saturated heterocycles. The monoisotopic (exact) mass is 309 g/mol. The Hall–Kier alpha value is -1.26. The zero-order valence-corrected chi connectivity index (χ0v) is 13.3. The number of carbonyl (C=O) groups excluding carboxylic acids is 1. The van der Waals surface area contributed by atoms with Crippen LogP contribution in [0.25, 0.3) is 0 Å². The molecule has 3 N–H and O–H groups in total. The molecule has 1 aliphatic rings. The molecule has 0 unspecified atom stereocenters. The van der Waals surface area contributed by atoms with Crippen LogP contribution in [0.1, 0.15) is 32.1 Å². The van der Waals surface area contributed by atoms with E-state index in [4.69, 9.17) is 17.3 Å². The maximum absolute atomic E-state index is 12.0. The fourth-order valence-electron chi connectivity index (χ4n) is 2.94. The maximum Gasteiger partial charge on any atom is 0.238 e. The number of likely N-dealkylation sites (N-methyl/N-ethyl adjacent to an activating group) is 1. The second-order valence-corrected chi connectivity index (χ2v) is 6.39. The van der Waals surface area contributed by atoms with Gasteiger partial charge in [0, 0.05) is 12.2 Å². The number of amides is 1. The molecule has 1 fully saturated rings. The van der Waals surface area contributed by atoms with Gasteiger partial charge in [0.15, 0.2) is 0 Å². The molecule has 1 aliphatic carbocycles. The van der Waals surface area contributed by atoms with Crippen LogP contribution in [-0.2, 0) is 4.79 Å². The van der Waals surface area contributed by atoms with E-state index < -0.39 is 0 Å². The van der Waals surface area contributed by atoms with E-state index in [1.54, 1.807) is 18.2 Å². The van der Waals surface area contributed by atoms with E-state index in [0.717, 1.165) is 12.5 Å². The Bertz CT molecular complexity index is 486. The molecule has 5 heteroatoms. The van der Waals surface area contributed by atoms with E-state index in [-0.39, 0.29) is 5.91 Å². The molecule has 0 radical (unpaired) electrons. The number of anilines is 2. The summed E-state index contributed by atoms with van der Waals surface area (Å²) < 4.78 is 0. The highest BCUT2D eigenvalue weighted by atomic mass is 35.5. The number of rotatable bonds is 5. The first-order valence-corrected chi connectivity index (χ1v) is 7.96. The molecular formula is C16H24ClN3O. The Balaban J connectivity index is 1.78. The number of nitrogen functional groups attached to an aromatic ring is 1. The van der Waals surface area contributed by atoms with Crippen LogP contribution < -0.4 is 11.1 Å². The van der Waals surface area contributed by atoms with Crippen molar-refractivity contribution in [2.45, 2.75) is 32.1 Å². The molecule has 0 atom stereocenters. The fraction of sp³-hybridized carbons (Fsp3) is 0.562. The molecule has 1 saturated carbocycles. The molecule has 1 aromatic carbocycles. The van der Waals surface area contributed by atoms with Crippen molar-refractivity contribution in [2.75, 3.05) is 31.2 Å². The Morgan fingerprint density at radius 3 is 2.76 bits per heavy atom. The van der Waals surface area contributed by atoms with Gasteiger partial charge in [-0.2, -0.15) is 0 Å². The van der Waals surface area contributed by atoms with E-state index in [1.807, 2.05) is 7.05 Å². The van der Waals surface area contributed by atoms with Gasteiger partial charge in [0.25, 0.3) is 0 Å². The number of nitrogens with one attached hydrogen (secondary N) is 1. The third-order valence-electron chi connectivity index (χ3n) is 3.99. The van der Waals surface area contributed by atoms with Gasteiger partial charge in [0.05, 0.1) is 17.3 Å².